The van der Waals surface area contributed by atoms with E-state index in [0.29, 0.717) is 29.1 Å². The number of nitrogens with zero attached hydrogens (tertiary/aromatic N) is 2. The lowest BCUT2D eigenvalue weighted by molar-refractivity contribution is 0.120. The van der Waals surface area contributed by atoms with Crippen LogP contribution in [0, 0.1) is 5.92 Å². The number of nitrogens with two attached hydrogens (primary N) is 1. The molecule has 6 heteroatoms. The Balaban J connectivity index is 2.06. The van der Waals surface area contributed by atoms with E-state index >= 15 is 0 Å². The second kappa shape index (κ2) is 6.39. The van der Waals surface area contributed by atoms with Crippen LogP contribution in [0.15, 0.2) is 0 Å². The van der Waals surface area contributed by atoms with E-state index < -0.39 is 0 Å². The van der Waals surface area contributed by atoms with Gasteiger partial charge in [-0.25, -0.2) is 9.97 Å². The smallest absolute Gasteiger partial charge is 0.157 e. The summed E-state index contributed by atoms with van der Waals surface area (Å²) in [6, 6.07) is 0. The van der Waals surface area contributed by atoms with Crippen molar-refractivity contribution in [1.29, 1.82) is 0 Å². The molecule has 2 rings (SSSR count). The van der Waals surface area contributed by atoms with Gasteiger partial charge < -0.3 is 15.8 Å². The highest BCUT2D eigenvalue weighted by molar-refractivity contribution is 6.32. The molecule has 3 N–H and O–H groups in total. The van der Waals surface area contributed by atoms with E-state index in [1.165, 1.54) is 0 Å². The number of hydrogen-bond donors (Lipinski definition) is 2. The minimum Gasteiger partial charge on any atom is -0.393 e. The number of aromatic nitrogens is 2. The van der Waals surface area contributed by atoms with Crippen molar-refractivity contribution in [3.05, 3.63) is 11.0 Å². The fraction of sp³-hybridized carbons (Fsp3) is 0.692. The van der Waals surface area contributed by atoms with Crippen LogP contribution < -0.4 is 11.1 Å². The second-order valence-corrected chi connectivity index (χ2v) is 5.66. The van der Waals surface area contributed by atoms with E-state index in [1.807, 2.05) is 0 Å². The monoisotopic (exact) mass is 284 g/mol. The van der Waals surface area contributed by atoms with Crippen molar-refractivity contribution in [3.63, 3.8) is 0 Å². The van der Waals surface area contributed by atoms with Gasteiger partial charge in [-0.05, 0) is 18.8 Å². The SMILES string of the molecule is CC(C)Cc1nc(Cl)c(N)c(NCC2CCCO2)n1. The minimum absolute atomic E-state index is 0.238. The third-order valence-electron chi connectivity index (χ3n) is 3.06. The van der Waals surface area contributed by atoms with Crippen LogP contribution in [0.5, 0.6) is 0 Å². The maximum atomic E-state index is 6.05. The summed E-state index contributed by atoms with van der Waals surface area (Å²) in [7, 11) is 0. The molecule has 1 fully saturated rings. The zero-order valence-electron chi connectivity index (χ0n) is 11.4. The van der Waals surface area contributed by atoms with Crippen LogP contribution in [0.2, 0.25) is 5.15 Å². The number of ether oxygens (including phenoxy) is 1. The van der Waals surface area contributed by atoms with Gasteiger partial charge in [0.25, 0.3) is 0 Å². The molecule has 0 radical (unpaired) electrons. The third-order valence-corrected chi connectivity index (χ3v) is 3.35. The Morgan fingerprint density at radius 3 is 2.89 bits per heavy atom. The Bertz CT molecular complexity index is 433. The highest BCUT2D eigenvalue weighted by Crippen LogP contribution is 2.25. The van der Waals surface area contributed by atoms with Gasteiger partial charge >= 0.3 is 0 Å². The zero-order valence-corrected chi connectivity index (χ0v) is 12.2. The molecule has 0 saturated carbocycles. The third kappa shape index (κ3) is 3.94. The van der Waals surface area contributed by atoms with Crippen molar-refractivity contribution in [2.75, 3.05) is 24.2 Å². The summed E-state index contributed by atoms with van der Waals surface area (Å²) in [5.41, 5.74) is 6.32. The molecule has 0 bridgehead atoms. The van der Waals surface area contributed by atoms with Crippen LogP contribution in [0.4, 0.5) is 11.5 Å². The highest BCUT2D eigenvalue weighted by atomic mass is 35.5. The molecule has 0 aromatic carbocycles. The number of nitrogens with one attached hydrogen (secondary N) is 1. The lowest BCUT2D eigenvalue weighted by atomic mass is 10.1. The van der Waals surface area contributed by atoms with Crippen molar-refractivity contribution >= 4 is 23.1 Å². The van der Waals surface area contributed by atoms with Crippen molar-refractivity contribution in [3.8, 4) is 0 Å². The van der Waals surface area contributed by atoms with Crippen LogP contribution >= 0.6 is 11.6 Å². The second-order valence-electron chi connectivity index (χ2n) is 5.31. The Morgan fingerprint density at radius 2 is 2.26 bits per heavy atom. The first-order valence-corrected chi connectivity index (χ1v) is 7.11. The molecule has 19 heavy (non-hydrogen) atoms. The molecule has 0 amide bonds. The number of rotatable bonds is 5. The number of hydrogen-bond acceptors (Lipinski definition) is 5. The van der Waals surface area contributed by atoms with E-state index in [-0.39, 0.29) is 6.10 Å². The normalized spacial score (nSPS) is 19.1. The van der Waals surface area contributed by atoms with Gasteiger partial charge in [0.15, 0.2) is 11.0 Å². The van der Waals surface area contributed by atoms with Crippen LogP contribution in [0.25, 0.3) is 0 Å². The summed E-state index contributed by atoms with van der Waals surface area (Å²) in [4.78, 5) is 8.66. The maximum Gasteiger partial charge on any atom is 0.157 e. The molecule has 5 nitrogen and oxygen atoms in total. The number of nitrogen functional groups attached to an aromatic ring is 1. The maximum absolute atomic E-state index is 6.05. The summed E-state index contributed by atoms with van der Waals surface area (Å²) in [5.74, 6) is 1.82. The first-order valence-electron chi connectivity index (χ1n) is 6.73. The molecular weight excluding hydrogens is 264 g/mol. The van der Waals surface area contributed by atoms with Gasteiger partial charge in [0.2, 0.25) is 0 Å². The quantitative estimate of drug-likeness (QED) is 0.813. The average Bonchev–Trinajstić information content (AvgIpc) is 2.84. The summed E-state index contributed by atoms with van der Waals surface area (Å²) in [5, 5.41) is 3.54. The Labute approximate surface area is 118 Å². The van der Waals surface area contributed by atoms with Crippen LogP contribution in [0.1, 0.15) is 32.5 Å². The highest BCUT2D eigenvalue weighted by Gasteiger charge is 2.17. The van der Waals surface area contributed by atoms with Gasteiger partial charge in [-0.1, -0.05) is 25.4 Å². The first-order chi connectivity index (χ1) is 9.06. The largest absolute Gasteiger partial charge is 0.393 e. The van der Waals surface area contributed by atoms with E-state index in [9.17, 15) is 0 Å². The summed E-state index contributed by atoms with van der Waals surface area (Å²) in [6.07, 6.45) is 3.21. The minimum atomic E-state index is 0.238. The Kier molecular flexibility index (Phi) is 4.82. The van der Waals surface area contributed by atoms with E-state index in [2.05, 4.69) is 29.1 Å². The van der Waals surface area contributed by atoms with E-state index in [4.69, 9.17) is 22.1 Å². The predicted octanol–water partition coefficient (Wildman–Crippen LogP) is 2.50. The van der Waals surface area contributed by atoms with Gasteiger partial charge in [0.05, 0.1) is 6.10 Å². The van der Waals surface area contributed by atoms with E-state index in [0.717, 1.165) is 31.7 Å². The van der Waals surface area contributed by atoms with Crippen molar-refractivity contribution < 1.29 is 4.74 Å². The van der Waals surface area contributed by atoms with Gasteiger partial charge in [-0.3, -0.25) is 0 Å². The first kappa shape index (κ1) is 14.3. The van der Waals surface area contributed by atoms with Gasteiger partial charge in [-0.15, -0.1) is 0 Å². The topological polar surface area (TPSA) is 73.1 Å². The van der Waals surface area contributed by atoms with Crippen LogP contribution in [-0.4, -0.2) is 29.2 Å². The predicted molar refractivity (Wildman–Crippen MR) is 77.5 cm³/mol. The molecule has 0 aliphatic carbocycles. The van der Waals surface area contributed by atoms with Gasteiger partial charge in [0, 0.05) is 19.6 Å². The number of halogens is 1. The van der Waals surface area contributed by atoms with Crippen LogP contribution in [0.3, 0.4) is 0 Å². The standard InChI is InChI=1S/C13H21ClN4O/c1-8(2)6-10-17-12(14)11(15)13(18-10)16-7-9-4-3-5-19-9/h8-9H,3-7,15H2,1-2H3,(H,16,17,18). The summed E-state index contributed by atoms with van der Waals surface area (Å²) >= 11 is 6.05. The molecule has 1 aromatic heterocycles. The molecule has 1 aliphatic heterocycles. The van der Waals surface area contributed by atoms with Crippen LogP contribution in [-0.2, 0) is 11.2 Å². The molecule has 1 atom stereocenters. The van der Waals surface area contributed by atoms with E-state index in [1.54, 1.807) is 0 Å². The lowest BCUT2D eigenvalue weighted by Crippen LogP contribution is -2.20. The molecular formula is C13H21ClN4O. The van der Waals surface area contributed by atoms with Gasteiger partial charge in [0.1, 0.15) is 11.5 Å². The average molecular weight is 285 g/mol. The Hall–Kier alpha value is -1.07. The van der Waals surface area contributed by atoms with Gasteiger partial charge in [-0.2, -0.15) is 0 Å². The summed E-state index contributed by atoms with van der Waals surface area (Å²) < 4.78 is 5.56. The molecule has 1 saturated heterocycles. The molecule has 0 spiro atoms. The number of anilines is 2. The fourth-order valence-corrected chi connectivity index (χ4v) is 2.28. The lowest BCUT2D eigenvalue weighted by Gasteiger charge is -2.14. The molecule has 106 valence electrons. The molecule has 2 heterocycles. The van der Waals surface area contributed by atoms with Crippen molar-refractivity contribution in [2.24, 2.45) is 5.92 Å². The van der Waals surface area contributed by atoms with Crippen molar-refractivity contribution in [2.45, 2.75) is 39.2 Å². The molecule has 1 aliphatic rings. The fourth-order valence-electron chi connectivity index (χ4n) is 2.09. The molecule has 1 aromatic rings. The Morgan fingerprint density at radius 1 is 1.47 bits per heavy atom. The van der Waals surface area contributed by atoms with Crippen molar-refractivity contribution in [1.82, 2.24) is 9.97 Å². The summed E-state index contributed by atoms with van der Waals surface area (Å²) in [6.45, 7) is 5.78. The zero-order chi connectivity index (χ0) is 13.8. The molecule has 1 unspecified atom stereocenters.